The maximum Gasteiger partial charge on any atom is 0.258 e. The van der Waals surface area contributed by atoms with E-state index in [1.807, 2.05) is 50.2 Å². The molecule has 28 heavy (non-hydrogen) atoms. The van der Waals surface area contributed by atoms with Crippen molar-refractivity contribution >= 4 is 21.8 Å². The Bertz CT molecular complexity index is 838. The van der Waals surface area contributed by atoms with Crippen LogP contribution >= 0.6 is 15.9 Å². The van der Waals surface area contributed by atoms with Crippen LogP contribution in [0.1, 0.15) is 55.8 Å². The molecular formula is C23H28BrNO3. The van der Waals surface area contributed by atoms with E-state index in [0.717, 1.165) is 46.2 Å². The average molecular weight is 446 g/mol. The van der Waals surface area contributed by atoms with Gasteiger partial charge < -0.3 is 14.8 Å². The number of hydrogen-bond acceptors (Lipinski definition) is 3. The first-order chi connectivity index (χ1) is 13.4. The zero-order valence-electron chi connectivity index (χ0n) is 17.0. The molecule has 0 bridgehead atoms. The van der Waals surface area contributed by atoms with E-state index in [4.69, 9.17) is 9.47 Å². The summed E-state index contributed by atoms with van der Waals surface area (Å²) in [6, 6.07) is 11.8. The minimum absolute atomic E-state index is 0.00864. The van der Waals surface area contributed by atoms with Crippen LogP contribution < -0.4 is 14.8 Å². The molecule has 1 atom stereocenters. The third kappa shape index (κ3) is 4.35. The van der Waals surface area contributed by atoms with E-state index in [9.17, 15) is 4.79 Å². The van der Waals surface area contributed by atoms with Gasteiger partial charge in [-0.1, -0.05) is 48.0 Å². The number of amides is 1. The second-order valence-electron chi connectivity index (χ2n) is 7.51. The topological polar surface area (TPSA) is 47.6 Å². The normalized spacial score (nSPS) is 17.4. The molecule has 2 aromatic rings. The Morgan fingerprint density at radius 2 is 1.86 bits per heavy atom. The van der Waals surface area contributed by atoms with Crippen molar-refractivity contribution in [3.05, 3.63) is 57.6 Å². The van der Waals surface area contributed by atoms with Crippen LogP contribution in [-0.2, 0) is 4.79 Å². The summed E-state index contributed by atoms with van der Waals surface area (Å²) in [5.74, 6) is 1.45. The highest BCUT2D eigenvalue weighted by Gasteiger charge is 2.38. The van der Waals surface area contributed by atoms with Gasteiger partial charge in [-0.3, -0.25) is 4.79 Å². The van der Waals surface area contributed by atoms with E-state index in [1.54, 1.807) is 0 Å². The van der Waals surface area contributed by atoms with E-state index >= 15 is 0 Å². The average Bonchev–Trinajstić information content (AvgIpc) is 2.70. The fourth-order valence-electron chi connectivity index (χ4n) is 3.80. The Labute approximate surface area is 175 Å². The summed E-state index contributed by atoms with van der Waals surface area (Å²) < 4.78 is 13.1. The summed E-state index contributed by atoms with van der Waals surface area (Å²) in [4.78, 5) is 12.6. The van der Waals surface area contributed by atoms with Gasteiger partial charge >= 0.3 is 0 Å². The van der Waals surface area contributed by atoms with Gasteiger partial charge in [0.1, 0.15) is 17.1 Å². The SMILES string of the molecule is CCC1(CC)CC(NC(=O)COc2cc(C)c(Br)c(C)c2)c2ccccc2O1. The standard InChI is InChI=1S/C23H28BrNO3/c1-5-23(6-2)13-19(18-9-7-8-10-20(18)28-23)25-21(26)14-27-17-11-15(3)22(24)16(4)12-17/h7-12,19H,5-6,13-14H2,1-4H3,(H,25,26). The van der Waals surface area contributed by atoms with Crippen molar-refractivity contribution in [2.24, 2.45) is 0 Å². The van der Waals surface area contributed by atoms with Crippen LogP contribution in [0, 0.1) is 13.8 Å². The van der Waals surface area contributed by atoms with Crippen molar-refractivity contribution < 1.29 is 14.3 Å². The molecule has 5 heteroatoms. The molecule has 0 radical (unpaired) electrons. The Hall–Kier alpha value is -2.01. The van der Waals surface area contributed by atoms with Crippen molar-refractivity contribution in [2.75, 3.05) is 6.61 Å². The Balaban J connectivity index is 1.71. The van der Waals surface area contributed by atoms with Gasteiger partial charge in [0.2, 0.25) is 0 Å². The predicted molar refractivity (Wildman–Crippen MR) is 115 cm³/mol. The Kier molecular flexibility index (Phi) is 6.33. The second-order valence-corrected chi connectivity index (χ2v) is 8.31. The molecule has 0 aliphatic carbocycles. The number of carbonyl (C=O) groups is 1. The van der Waals surface area contributed by atoms with Crippen molar-refractivity contribution in [2.45, 2.75) is 58.6 Å². The first kappa shape index (κ1) is 20.7. The van der Waals surface area contributed by atoms with Crippen LogP contribution in [0.2, 0.25) is 0 Å². The molecule has 0 aromatic heterocycles. The third-order valence-electron chi connectivity index (χ3n) is 5.60. The molecule has 4 nitrogen and oxygen atoms in total. The van der Waals surface area contributed by atoms with Gasteiger partial charge in [0.05, 0.1) is 6.04 Å². The summed E-state index contributed by atoms with van der Waals surface area (Å²) in [5.41, 5.74) is 2.96. The molecule has 1 heterocycles. The van der Waals surface area contributed by atoms with Crippen LogP contribution in [0.5, 0.6) is 11.5 Å². The number of ether oxygens (including phenoxy) is 2. The minimum Gasteiger partial charge on any atom is -0.487 e. The number of aryl methyl sites for hydroxylation is 2. The quantitative estimate of drug-likeness (QED) is 0.625. The van der Waals surface area contributed by atoms with Crippen LogP contribution in [0.3, 0.4) is 0 Å². The molecule has 1 aliphatic heterocycles. The monoisotopic (exact) mass is 445 g/mol. The maximum atomic E-state index is 12.6. The molecule has 1 N–H and O–H groups in total. The summed E-state index contributed by atoms with van der Waals surface area (Å²) in [6.07, 6.45) is 2.57. The van der Waals surface area contributed by atoms with Gasteiger partial charge in [0, 0.05) is 16.5 Å². The van der Waals surface area contributed by atoms with E-state index in [-0.39, 0.29) is 24.2 Å². The number of para-hydroxylation sites is 1. The molecule has 0 fully saturated rings. The highest BCUT2D eigenvalue weighted by atomic mass is 79.9. The maximum absolute atomic E-state index is 12.6. The van der Waals surface area contributed by atoms with Crippen LogP contribution in [0.25, 0.3) is 0 Å². The lowest BCUT2D eigenvalue weighted by atomic mass is 9.83. The molecule has 0 saturated carbocycles. The number of nitrogens with one attached hydrogen (secondary N) is 1. The summed E-state index contributed by atoms with van der Waals surface area (Å²) in [5, 5.41) is 3.16. The Morgan fingerprint density at radius 1 is 1.21 bits per heavy atom. The second kappa shape index (κ2) is 8.56. The van der Waals surface area contributed by atoms with E-state index in [2.05, 4.69) is 35.1 Å². The van der Waals surface area contributed by atoms with Crippen LogP contribution in [-0.4, -0.2) is 18.1 Å². The lowest BCUT2D eigenvalue weighted by Gasteiger charge is -2.41. The molecule has 1 unspecified atom stereocenters. The highest BCUT2D eigenvalue weighted by molar-refractivity contribution is 9.10. The highest BCUT2D eigenvalue weighted by Crippen LogP contribution is 2.42. The van der Waals surface area contributed by atoms with Gasteiger partial charge in [-0.25, -0.2) is 0 Å². The molecular weight excluding hydrogens is 418 g/mol. The number of rotatable bonds is 6. The molecule has 150 valence electrons. The number of fused-ring (bicyclic) bond motifs is 1. The number of halogens is 1. The van der Waals surface area contributed by atoms with Gasteiger partial charge in [-0.2, -0.15) is 0 Å². The van der Waals surface area contributed by atoms with Gasteiger partial charge in [-0.15, -0.1) is 0 Å². The predicted octanol–water partition coefficient (Wildman–Crippen LogP) is 5.64. The minimum atomic E-state index is -0.243. The number of hydrogen-bond donors (Lipinski definition) is 1. The summed E-state index contributed by atoms with van der Waals surface area (Å²) in [6.45, 7) is 8.29. The zero-order chi connectivity index (χ0) is 20.3. The molecule has 1 aliphatic rings. The fourth-order valence-corrected chi connectivity index (χ4v) is 4.03. The van der Waals surface area contributed by atoms with Crippen LogP contribution in [0.15, 0.2) is 40.9 Å². The molecule has 0 saturated heterocycles. The first-order valence-electron chi connectivity index (χ1n) is 9.84. The van der Waals surface area contributed by atoms with Gasteiger partial charge in [0.15, 0.2) is 6.61 Å². The summed E-state index contributed by atoms with van der Waals surface area (Å²) >= 11 is 3.55. The fraction of sp³-hybridized carbons (Fsp3) is 0.435. The van der Waals surface area contributed by atoms with E-state index < -0.39 is 0 Å². The molecule has 2 aromatic carbocycles. The van der Waals surface area contributed by atoms with Crippen molar-refractivity contribution in [1.29, 1.82) is 0 Å². The van der Waals surface area contributed by atoms with E-state index in [0.29, 0.717) is 5.75 Å². The lowest BCUT2D eigenvalue weighted by molar-refractivity contribution is -0.124. The van der Waals surface area contributed by atoms with Crippen molar-refractivity contribution in [3.8, 4) is 11.5 Å². The largest absolute Gasteiger partial charge is 0.487 e. The van der Waals surface area contributed by atoms with Gasteiger partial charge in [-0.05, 0) is 56.0 Å². The summed E-state index contributed by atoms with van der Waals surface area (Å²) in [7, 11) is 0. The van der Waals surface area contributed by atoms with Crippen LogP contribution in [0.4, 0.5) is 0 Å². The van der Waals surface area contributed by atoms with Crippen molar-refractivity contribution in [1.82, 2.24) is 5.32 Å². The first-order valence-corrected chi connectivity index (χ1v) is 10.6. The zero-order valence-corrected chi connectivity index (χ0v) is 18.6. The molecule has 1 amide bonds. The van der Waals surface area contributed by atoms with Gasteiger partial charge in [0.25, 0.3) is 5.91 Å². The third-order valence-corrected chi connectivity index (χ3v) is 6.85. The molecule has 3 rings (SSSR count). The van der Waals surface area contributed by atoms with Crippen molar-refractivity contribution in [3.63, 3.8) is 0 Å². The molecule has 0 spiro atoms. The van der Waals surface area contributed by atoms with E-state index in [1.165, 1.54) is 0 Å². The number of benzene rings is 2. The Morgan fingerprint density at radius 3 is 2.50 bits per heavy atom. The number of carbonyl (C=O) groups excluding carboxylic acids is 1. The smallest absolute Gasteiger partial charge is 0.258 e. The lowest BCUT2D eigenvalue weighted by Crippen LogP contribution is -2.45.